The molecule has 1 aromatic carbocycles. The van der Waals surface area contributed by atoms with E-state index in [1.807, 2.05) is 24.0 Å². The maximum absolute atomic E-state index is 12.8. The Bertz CT molecular complexity index is 603. The minimum atomic E-state index is 0.0863. The lowest BCUT2D eigenvalue weighted by molar-refractivity contribution is -0.145. The van der Waals surface area contributed by atoms with Gasteiger partial charge in [0.15, 0.2) is 11.5 Å². The summed E-state index contributed by atoms with van der Waals surface area (Å²) in [5.41, 5.74) is 0.849. The molecule has 1 saturated heterocycles. The predicted molar refractivity (Wildman–Crippen MR) is 93.4 cm³/mol. The van der Waals surface area contributed by atoms with Gasteiger partial charge in [0, 0.05) is 13.1 Å². The lowest BCUT2D eigenvalue weighted by Gasteiger charge is -2.37. The number of hydrogen-bond donors (Lipinski definition) is 0. The zero-order valence-electron chi connectivity index (χ0n) is 15.4. The molecule has 0 bridgehead atoms. The lowest BCUT2D eigenvalue weighted by Crippen LogP contribution is -2.50. The van der Waals surface area contributed by atoms with E-state index in [1.54, 1.807) is 21.3 Å². The number of carbonyl (C=O) groups is 1. The molecule has 0 radical (unpaired) electrons. The van der Waals surface area contributed by atoms with Crippen LogP contribution in [0.4, 0.5) is 0 Å². The van der Waals surface area contributed by atoms with Gasteiger partial charge in [-0.15, -0.1) is 0 Å². The first kappa shape index (κ1) is 17.9. The van der Waals surface area contributed by atoms with Gasteiger partial charge in [0.05, 0.1) is 40.0 Å². The number of hydrogen-bond acceptors (Lipinski definition) is 5. The number of amides is 1. The van der Waals surface area contributed by atoms with E-state index in [0.29, 0.717) is 42.7 Å². The molecule has 1 amide bonds. The number of morpholine rings is 1. The van der Waals surface area contributed by atoms with Gasteiger partial charge in [-0.3, -0.25) is 4.79 Å². The van der Waals surface area contributed by atoms with E-state index in [0.717, 1.165) is 5.56 Å². The Morgan fingerprint density at radius 2 is 1.76 bits per heavy atom. The molecule has 1 aromatic rings. The monoisotopic (exact) mass is 349 g/mol. The molecule has 1 heterocycles. The third-order valence-corrected chi connectivity index (χ3v) is 4.87. The van der Waals surface area contributed by atoms with Crippen molar-refractivity contribution in [3.05, 3.63) is 17.7 Å². The van der Waals surface area contributed by atoms with E-state index < -0.39 is 0 Å². The van der Waals surface area contributed by atoms with Gasteiger partial charge >= 0.3 is 0 Å². The number of benzene rings is 1. The molecule has 2 aliphatic rings. The number of rotatable bonds is 6. The van der Waals surface area contributed by atoms with Crippen LogP contribution in [-0.4, -0.2) is 57.4 Å². The second-order valence-electron chi connectivity index (χ2n) is 6.83. The zero-order valence-corrected chi connectivity index (χ0v) is 15.4. The lowest BCUT2D eigenvalue weighted by atomic mass is 10.1. The molecule has 2 fully saturated rings. The maximum Gasteiger partial charge on any atom is 0.227 e. The highest BCUT2D eigenvalue weighted by atomic mass is 16.5. The normalized spacial score (nSPS) is 23.3. The first-order valence-corrected chi connectivity index (χ1v) is 8.77. The van der Waals surface area contributed by atoms with Crippen LogP contribution in [0.2, 0.25) is 0 Å². The van der Waals surface area contributed by atoms with Crippen LogP contribution in [0.3, 0.4) is 0 Å². The minimum Gasteiger partial charge on any atom is -0.493 e. The smallest absolute Gasteiger partial charge is 0.227 e. The van der Waals surface area contributed by atoms with Crippen LogP contribution in [0.5, 0.6) is 17.2 Å². The van der Waals surface area contributed by atoms with E-state index in [1.165, 1.54) is 12.8 Å². The molecule has 1 aliphatic carbocycles. The molecule has 6 heteroatoms. The van der Waals surface area contributed by atoms with Gasteiger partial charge in [-0.2, -0.15) is 0 Å². The van der Waals surface area contributed by atoms with Crippen LogP contribution >= 0.6 is 0 Å². The first-order valence-electron chi connectivity index (χ1n) is 8.77. The van der Waals surface area contributed by atoms with Crippen LogP contribution in [-0.2, 0) is 16.0 Å². The summed E-state index contributed by atoms with van der Waals surface area (Å²) in [7, 11) is 4.72. The molecular formula is C19H27NO5. The molecule has 3 rings (SSSR count). The van der Waals surface area contributed by atoms with Gasteiger partial charge in [0.25, 0.3) is 0 Å². The largest absolute Gasteiger partial charge is 0.493 e. The van der Waals surface area contributed by atoms with E-state index in [9.17, 15) is 4.79 Å². The zero-order chi connectivity index (χ0) is 18.0. The summed E-state index contributed by atoms with van der Waals surface area (Å²) >= 11 is 0. The van der Waals surface area contributed by atoms with Crippen molar-refractivity contribution in [2.75, 3.05) is 34.4 Å². The average Bonchev–Trinajstić information content (AvgIpc) is 3.45. The number of ether oxygens (including phenoxy) is 4. The molecule has 0 unspecified atom stereocenters. The summed E-state index contributed by atoms with van der Waals surface area (Å²) in [6, 6.07) is 3.67. The Kier molecular flexibility index (Phi) is 5.37. The summed E-state index contributed by atoms with van der Waals surface area (Å²) in [4.78, 5) is 14.7. The molecule has 1 aliphatic heterocycles. The summed E-state index contributed by atoms with van der Waals surface area (Å²) in [6.45, 7) is 3.37. The van der Waals surface area contributed by atoms with Gasteiger partial charge in [-0.25, -0.2) is 0 Å². The van der Waals surface area contributed by atoms with Gasteiger partial charge < -0.3 is 23.8 Å². The molecule has 2 atom stereocenters. The van der Waals surface area contributed by atoms with E-state index in [2.05, 4.69) is 0 Å². The van der Waals surface area contributed by atoms with Crippen molar-refractivity contribution in [3.63, 3.8) is 0 Å². The molecule has 0 N–H and O–H groups in total. The fraction of sp³-hybridized carbons (Fsp3) is 0.632. The van der Waals surface area contributed by atoms with Crippen molar-refractivity contribution in [2.24, 2.45) is 5.92 Å². The van der Waals surface area contributed by atoms with E-state index in [-0.39, 0.29) is 18.1 Å². The van der Waals surface area contributed by atoms with E-state index >= 15 is 0 Å². The molecule has 0 spiro atoms. The summed E-state index contributed by atoms with van der Waals surface area (Å²) < 4.78 is 22.1. The van der Waals surface area contributed by atoms with Crippen LogP contribution in [0, 0.1) is 5.92 Å². The Morgan fingerprint density at radius 3 is 2.28 bits per heavy atom. The molecule has 0 aromatic heterocycles. The fourth-order valence-electron chi connectivity index (χ4n) is 3.44. The van der Waals surface area contributed by atoms with Crippen LogP contribution in [0.15, 0.2) is 12.1 Å². The minimum absolute atomic E-state index is 0.0863. The molecule has 1 saturated carbocycles. The Morgan fingerprint density at radius 1 is 1.12 bits per heavy atom. The van der Waals surface area contributed by atoms with Crippen molar-refractivity contribution in [1.82, 2.24) is 4.90 Å². The number of methoxy groups -OCH3 is 3. The first-order chi connectivity index (χ1) is 12.0. The van der Waals surface area contributed by atoms with Crippen LogP contribution < -0.4 is 14.2 Å². The van der Waals surface area contributed by atoms with Gasteiger partial charge in [0.2, 0.25) is 11.7 Å². The number of nitrogens with zero attached hydrogens (tertiary/aromatic N) is 1. The van der Waals surface area contributed by atoms with Crippen molar-refractivity contribution < 1.29 is 23.7 Å². The highest BCUT2D eigenvalue weighted by Gasteiger charge is 2.38. The third kappa shape index (κ3) is 4.00. The summed E-state index contributed by atoms with van der Waals surface area (Å²) in [5, 5.41) is 0. The van der Waals surface area contributed by atoms with Gasteiger partial charge in [-0.05, 0) is 43.4 Å². The average molecular weight is 349 g/mol. The maximum atomic E-state index is 12.8. The molecule has 25 heavy (non-hydrogen) atoms. The predicted octanol–water partition coefficient (Wildman–Crippen LogP) is 2.28. The molecule has 138 valence electrons. The van der Waals surface area contributed by atoms with Crippen molar-refractivity contribution >= 4 is 5.91 Å². The highest BCUT2D eigenvalue weighted by molar-refractivity contribution is 5.79. The SMILES string of the molecule is COc1cc(CC(=O)N2C[C@@H](C)O[C@@H](C3CC3)C2)cc(OC)c1OC. The standard InChI is InChI=1S/C19H27NO5/c1-12-10-20(11-17(25-12)14-5-6-14)18(21)9-13-7-15(22-2)19(24-4)16(8-13)23-3/h7-8,12,14,17H,5-6,9-11H2,1-4H3/t12-,17-/m1/s1. The second-order valence-corrected chi connectivity index (χ2v) is 6.83. The van der Waals surface area contributed by atoms with Crippen molar-refractivity contribution in [1.29, 1.82) is 0 Å². The Balaban J connectivity index is 1.73. The van der Waals surface area contributed by atoms with Gasteiger partial charge in [0.1, 0.15) is 0 Å². The quantitative estimate of drug-likeness (QED) is 0.789. The van der Waals surface area contributed by atoms with Crippen LogP contribution in [0.1, 0.15) is 25.3 Å². The van der Waals surface area contributed by atoms with Crippen molar-refractivity contribution in [3.8, 4) is 17.2 Å². The highest BCUT2D eigenvalue weighted by Crippen LogP contribution is 2.39. The van der Waals surface area contributed by atoms with E-state index in [4.69, 9.17) is 18.9 Å². The number of carbonyl (C=O) groups excluding carboxylic acids is 1. The van der Waals surface area contributed by atoms with Crippen LogP contribution in [0.25, 0.3) is 0 Å². The second kappa shape index (κ2) is 7.52. The Hall–Kier alpha value is -1.95. The summed E-state index contributed by atoms with van der Waals surface area (Å²) in [5.74, 6) is 2.40. The third-order valence-electron chi connectivity index (χ3n) is 4.87. The Labute approximate surface area is 149 Å². The molecular weight excluding hydrogens is 322 g/mol. The molecule has 6 nitrogen and oxygen atoms in total. The summed E-state index contributed by atoms with van der Waals surface area (Å²) in [6.07, 6.45) is 3.01. The van der Waals surface area contributed by atoms with Gasteiger partial charge in [-0.1, -0.05) is 0 Å². The fourth-order valence-corrected chi connectivity index (χ4v) is 3.44. The topological polar surface area (TPSA) is 57.2 Å². The van der Waals surface area contributed by atoms with Crippen molar-refractivity contribution in [2.45, 2.75) is 38.4 Å².